The molecule has 3 nitrogen and oxygen atoms in total. The number of benzene rings is 1. The Morgan fingerprint density at radius 2 is 2.12 bits per heavy atom. The number of carbonyl (C=O) groups is 1. The maximum absolute atomic E-state index is 12.9. The van der Waals surface area contributed by atoms with Crippen LogP contribution in [0.25, 0.3) is 0 Å². The number of ketones is 1. The van der Waals surface area contributed by atoms with E-state index in [4.69, 9.17) is 0 Å². The lowest BCUT2D eigenvalue weighted by molar-refractivity contribution is 0.0439. The first-order valence-electron chi connectivity index (χ1n) is 5.47. The van der Waals surface area contributed by atoms with Crippen molar-refractivity contribution in [2.45, 2.75) is 19.4 Å². The fourth-order valence-electron chi connectivity index (χ4n) is 1.71. The van der Waals surface area contributed by atoms with E-state index in [1.165, 1.54) is 18.2 Å². The van der Waals surface area contributed by atoms with Crippen LogP contribution in [0.3, 0.4) is 0 Å². The second-order valence-electron chi connectivity index (χ2n) is 4.92. The summed E-state index contributed by atoms with van der Waals surface area (Å²) in [5.74, 6) is -0.572. The Morgan fingerprint density at radius 3 is 2.65 bits per heavy atom. The van der Waals surface area contributed by atoms with Gasteiger partial charge in [-0.1, -0.05) is 12.1 Å². The standard InChI is InChI=1S/C13H18FNO2/c1-13(2,17)9-15(3)8-12(16)10-5-4-6-11(14)7-10/h4-7,17H,8-9H2,1-3H3. The number of nitrogens with zero attached hydrogens (tertiary/aromatic N) is 1. The topological polar surface area (TPSA) is 40.5 Å². The summed E-state index contributed by atoms with van der Waals surface area (Å²) < 4.78 is 12.9. The molecule has 0 atom stereocenters. The molecule has 0 heterocycles. The molecule has 17 heavy (non-hydrogen) atoms. The van der Waals surface area contributed by atoms with E-state index in [2.05, 4.69) is 0 Å². The number of halogens is 1. The Balaban J connectivity index is 2.61. The summed E-state index contributed by atoms with van der Waals surface area (Å²) in [5, 5.41) is 9.60. The zero-order valence-electron chi connectivity index (χ0n) is 10.4. The monoisotopic (exact) mass is 239 g/mol. The van der Waals surface area contributed by atoms with Crippen molar-refractivity contribution in [1.29, 1.82) is 0 Å². The lowest BCUT2D eigenvalue weighted by Crippen LogP contribution is -2.38. The fraction of sp³-hybridized carbons (Fsp3) is 0.462. The van der Waals surface area contributed by atoms with E-state index >= 15 is 0 Å². The van der Waals surface area contributed by atoms with E-state index in [1.54, 1.807) is 31.9 Å². The summed E-state index contributed by atoms with van der Waals surface area (Å²) in [6.07, 6.45) is 0. The average molecular weight is 239 g/mol. The molecule has 1 N–H and O–H groups in total. The number of Topliss-reactive ketones (excluding diaryl/α,β-unsaturated/α-hetero) is 1. The van der Waals surface area contributed by atoms with E-state index < -0.39 is 11.4 Å². The summed E-state index contributed by atoms with van der Waals surface area (Å²) in [6.45, 7) is 3.90. The van der Waals surface area contributed by atoms with Crippen molar-refractivity contribution >= 4 is 5.78 Å². The van der Waals surface area contributed by atoms with Crippen LogP contribution < -0.4 is 0 Å². The van der Waals surface area contributed by atoms with Crippen LogP contribution in [-0.4, -0.2) is 41.5 Å². The number of aliphatic hydroxyl groups is 1. The molecule has 1 aromatic rings. The quantitative estimate of drug-likeness (QED) is 0.795. The molecule has 0 aromatic heterocycles. The largest absolute Gasteiger partial charge is 0.389 e. The minimum absolute atomic E-state index is 0.156. The zero-order chi connectivity index (χ0) is 13.1. The molecule has 0 bridgehead atoms. The summed E-state index contributed by atoms with van der Waals surface area (Å²) in [6, 6.07) is 5.62. The molecule has 0 fully saturated rings. The van der Waals surface area contributed by atoms with E-state index in [0.717, 1.165) is 0 Å². The molecule has 1 rings (SSSR count). The van der Waals surface area contributed by atoms with Crippen molar-refractivity contribution in [3.05, 3.63) is 35.6 Å². The Morgan fingerprint density at radius 1 is 1.47 bits per heavy atom. The first-order valence-corrected chi connectivity index (χ1v) is 5.47. The lowest BCUT2D eigenvalue weighted by atomic mass is 10.1. The van der Waals surface area contributed by atoms with Crippen LogP contribution in [0.4, 0.5) is 4.39 Å². The number of rotatable bonds is 5. The molecular weight excluding hydrogens is 221 g/mol. The molecular formula is C13H18FNO2. The van der Waals surface area contributed by atoms with Crippen LogP contribution in [0.2, 0.25) is 0 Å². The molecule has 0 amide bonds. The van der Waals surface area contributed by atoms with Gasteiger partial charge in [-0.05, 0) is 33.0 Å². The highest BCUT2D eigenvalue weighted by Gasteiger charge is 2.18. The van der Waals surface area contributed by atoms with Crippen LogP contribution in [0.1, 0.15) is 24.2 Å². The molecule has 0 aliphatic rings. The molecule has 1 aromatic carbocycles. The van der Waals surface area contributed by atoms with Gasteiger partial charge in [0, 0.05) is 12.1 Å². The van der Waals surface area contributed by atoms with Crippen LogP contribution in [0.5, 0.6) is 0 Å². The number of carbonyl (C=O) groups excluding carboxylic acids is 1. The van der Waals surface area contributed by atoms with Gasteiger partial charge in [-0.2, -0.15) is 0 Å². The molecule has 0 aliphatic heterocycles. The maximum Gasteiger partial charge on any atom is 0.176 e. The predicted octanol–water partition coefficient (Wildman–Crippen LogP) is 1.71. The van der Waals surface area contributed by atoms with Crippen molar-refractivity contribution in [1.82, 2.24) is 4.90 Å². The van der Waals surface area contributed by atoms with E-state index in [0.29, 0.717) is 12.1 Å². The predicted molar refractivity (Wildman–Crippen MR) is 64.5 cm³/mol. The summed E-state index contributed by atoms with van der Waals surface area (Å²) >= 11 is 0. The van der Waals surface area contributed by atoms with Crippen LogP contribution in [-0.2, 0) is 0 Å². The highest BCUT2D eigenvalue weighted by Crippen LogP contribution is 2.07. The van der Waals surface area contributed by atoms with Crippen LogP contribution in [0.15, 0.2) is 24.3 Å². The minimum atomic E-state index is -0.850. The lowest BCUT2D eigenvalue weighted by Gasteiger charge is -2.24. The minimum Gasteiger partial charge on any atom is -0.389 e. The van der Waals surface area contributed by atoms with Gasteiger partial charge in [0.1, 0.15) is 5.82 Å². The molecule has 4 heteroatoms. The van der Waals surface area contributed by atoms with Gasteiger partial charge in [-0.25, -0.2) is 4.39 Å². The van der Waals surface area contributed by atoms with Gasteiger partial charge in [0.15, 0.2) is 5.78 Å². The molecule has 0 unspecified atom stereocenters. The van der Waals surface area contributed by atoms with Gasteiger partial charge >= 0.3 is 0 Å². The molecule has 0 radical (unpaired) electrons. The van der Waals surface area contributed by atoms with Gasteiger partial charge in [-0.15, -0.1) is 0 Å². The smallest absolute Gasteiger partial charge is 0.176 e. The SMILES string of the molecule is CN(CC(=O)c1cccc(F)c1)CC(C)(C)O. The molecule has 0 spiro atoms. The van der Waals surface area contributed by atoms with Crippen molar-refractivity contribution in [3.63, 3.8) is 0 Å². The Labute approximate surface area is 101 Å². The summed E-state index contributed by atoms with van der Waals surface area (Å²) in [5.41, 5.74) is -0.496. The zero-order valence-corrected chi connectivity index (χ0v) is 10.4. The molecule has 0 saturated heterocycles. The summed E-state index contributed by atoms with van der Waals surface area (Å²) in [4.78, 5) is 13.5. The third kappa shape index (κ3) is 5.06. The van der Waals surface area contributed by atoms with E-state index in [1.807, 2.05) is 0 Å². The van der Waals surface area contributed by atoms with E-state index in [-0.39, 0.29) is 12.3 Å². The first-order chi connectivity index (χ1) is 7.78. The summed E-state index contributed by atoms with van der Waals surface area (Å²) in [7, 11) is 1.75. The molecule has 0 saturated carbocycles. The highest BCUT2D eigenvalue weighted by atomic mass is 19.1. The van der Waals surface area contributed by atoms with Crippen molar-refractivity contribution in [2.24, 2.45) is 0 Å². The average Bonchev–Trinajstić information content (AvgIpc) is 2.14. The second-order valence-corrected chi connectivity index (χ2v) is 4.92. The van der Waals surface area contributed by atoms with Crippen molar-refractivity contribution in [3.8, 4) is 0 Å². The van der Waals surface area contributed by atoms with Gasteiger partial charge in [0.25, 0.3) is 0 Å². The normalized spacial score (nSPS) is 11.9. The van der Waals surface area contributed by atoms with Gasteiger partial charge in [0.2, 0.25) is 0 Å². The number of hydrogen-bond acceptors (Lipinski definition) is 3. The van der Waals surface area contributed by atoms with Crippen LogP contribution >= 0.6 is 0 Å². The van der Waals surface area contributed by atoms with E-state index in [9.17, 15) is 14.3 Å². The fourth-order valence-corrected chi connectivity index (χ4v) is 1.71. The number of hydrogen-bond donors (Lipinski definition) is 1. The first kappa shape index (κ1) is 13.8. The second kappa shape index (κ2) is 5.38. The Bertz CT molecular complexity index is 399. The molecule has 94 valence electrons. The van der Waals surface area contributed by atoms with Gasteiger partial charge in [0.05, 0.1) is 12.1 Å². The maximum atomic E-state index is 12.9. The Kier molecular flexibility index (Phi) is 4.37. The third-order valence-electron chi connectivity index (χ3n) is 2.22. The number of likely N-dealkylation sites (N-methyl/N-ethyl adjacent to an activating group) is 1. The van der Waals surface area contributed by atoms with Gasteiger partial charge in [-0.3, -0.25) is 9.69 Å². The van der Waals surface area contributed by atoms with Gasteiger partial charge < -0.3 is 5.11 Å². The molecule has 0 aliphatic carbocycles. The third-order valence-corrected chi connectivity index (χ3v) is 2.22. The highest BCUT2D eigenvalue weighted by molar-refractivity contribution is 5.97. The Hall–Kier alpha value is -1.26. The van der Waals surface area contributed by atoms with Crippen molar-refractivity contribution in [2.75, 3.05) is 20.1 Å². The van der Waals surface area contributed by atoms with Crippen LogP contribution in [0, 0.1) is 5.82 Å². The van der Waals surface area contributed by atoms with Crippen molar-refractivity contribution < 1.29 is 14.3 Å².